The van der Waals surface area contributed by atoms with E-state index in [0.717, 1.165) is 29.1 Å². The molecule has 4 N–H and O–H groups in total. The number of rotatable bonds is 10. The maximum absolute atomic E-state index is 13.0. The van der Waals surface area contributed by atoms with Gasteiger partial charge in [0.15, 0.2) is 0 Å². The second kappa shape index (κ2) is 9.65. The van der Waals surface area contributed by atoms with Crippen molar-refractivity contribution in [1.29, 1.82) is 0 Å². The summed E-state index contributed by atoms with van der Waals surface area (Å²) in [6, 6.07) is 12.7. The maximum Gasteiger partial charge on any atom is 0.251 e. The van der Waals surface area contributed by atoms with Gasteiger partial charge in [0.25, 0.3) is 5.91 Å². The SMILES string of the molecule is CC1CC1CNc1cc(C(=O)N[C@H](CN)Cc2ccccc2)cc(N(C)S(C)(=O)=O)n1. The first-order valence-electron chi connectivity index (χ1n) is 10.4. The summed E-state index contributed by atoms with van der Waals surface area (Å²) in [6.45, 7) is 3.21. The molecule has 1 fully saturated rings. The number of aromatic nitrogens is 1. The molecule has 1 aromatic carbocycles. The first-order valence-corrected chi connectivity index (χ1v) is 12.3. The molecule has 0 saturated heterocycles. The third kappa shape index (κ3) is 6.41. The van der Waals surface area contributed by atoms with Crippen LogP contribution in [0.25, 0.3) is 0 Å². The van der Waals surface area contributed by atoms with Crippen LogP contribution in [0.2, 0.25) is 0 Å². The Bertz CT molecular complexity index is 1010. The number of nitrogens with one attached hydrogen (secondary N) is 2. The second-order valence-electron chi connectivity index (χ2n) is 8.28. The fraction of sp³-hybridized carbons (Fsp3) is 0.455. The van der Waals surface area contributed by atoms with Crippen molar-refractivity contribution < 1.29 is 13.2 Å². The number of sulfonamides is 1. The lowest BCUT2D eigenvalue weighted by Gasteiger charge is -2.20. The zero-order chi connectivity index (χ0) is 22.6. The molecular formula is C22H31N5O3S. The van der Waals surface area contributed by atoms with Crippen LogP contribution in [0, 0.1) is 11.8 Å². The highest BCUT2D eigenvalue weighted by Gasteiger charge is 2.32. The third-order valence-electron chi connectivity index (χ3n) is 5.66. The van der Waals surface area contributed by atoms with Crippen molar-refractivity contribution in [3.8, 4) is 0 Å². The van der Waals surface area contributed by atoms with E-state index in [1.54, 1.807) is 6.07 Å². The number of amides is 1. The Morgan fingerprint density at radius 1 is 1.29 bits per heavy atom. The predicted molar refractivity (Wildman–Crippen MR) is 124 cm³/mol. The van der Waals surface area contributed by atoms with E-state index in [0.29, 0.717) is 29.6 Å². The van der Waals surface area contributed by atoms with Crippen LogP contribution in [0.3, 0.4) is 0 Å². The zero-order valence-corrected chi connectivity index (χ0v) is 19.0. The van der Waals surface area contributed by atoms with Gasteiger partial charge >= 0.3 is 0 Å². The van der Waals surface area contributed by atoms with Gasteiger partial charge < -0.3 is 16.4 Å². The van der Waals surface area contributed by atoms with Gasteiger partial charge in [0.2, 0.25) is 10.0 Å². The fourth-order valence-corrected chi connectivity index (χ4v) is 3.78. The lowest BCUT2D eigenvalue weighted by Crippen LogP contribution is -2.41. The maximum atomic E-state index is 13.0. The van der Waals surface area contributed by atoms with Crippen molar-refractivity contribution in [2.45, 2.75) is 25.8 Å². The minimum absolute atomic E-state index is 0.189. The quantitative estimate of drug-likeness (QED) is 0.514. The lowest BCUT2D eigenvalue weighted by atomic mass is 10.1. The van der Waals surface area contributed by atoms with Crippen LogP contribution < -0.4 is 20.7 Å². The van der Waals surface area contributed by atoms with Crippen LogP contribution in [0.4, 0.5) is 11.6 Å². The number of nitrogens with two attached hydrogens (primary N) is 1. The van der Waals surface area contributed by atoms with E-state index >= 15 is 0 Å². The number of benzene rings is 1. The topological polar surface area (TPSA) is 117 Å². The average Bonchev–Trinajstić information content (AvgIpc) is 3.46. The summed E-state index contributed by atoms with van der Waals surface area (Å²) in [7, 11) is -2.10. The summed E-state index contributed by atoms with van der Waals surface area (Å²) >= 11 is 0. The molecule has 0 radical (unpaired) electrons. The van der Waals surface area contributed by atoms with Crippen molar-refractivity contribution >= 4 is 27.6 Å². The number of anilines is 2. The Morgan fingerprint density at radius 3 is 2.55 bits per heavy atom. The standard InChI is InChI=1S/C22H31N5O3S/c1-15-9-18(15)14-24-20-11-17(12-21(26-20)27(2)31(3,29)30)22(28)25-19(13-23)10-16-7-5-4-6-8-16/h4-8,11-12,15,18-19H,9-10,13-14,23H2,1-3H3,(H,24,26)(H,25,28)/t15?,18?,19-/m0/s1. The van der Waals surface area contributed by atoms with E-state index in [4.69, 9.17) is 5.73 Å². The Hall–Kier alpha value is -2.65. The van der Waals surface area contributed by atoms with Crippen molar-refractivity contribution in [1.82, 2.24) is 10.3 Å². The first-order chi connectivity index (χ1) is 14.7. The third-order valence-corrected chi connectivity index (χ3v) is 6.84. The number of carbonyl (C=O) groups excluding carboxylic acids is 1. The van der Waals surface area contributed by atoms with Crippen LogP contribution in [-0.4, -0.2) is 51.7 Å². The van der Waals surface area contributed by atoms with E-state index in [2.05, 4.69) is 22.5 Å². The molecule has 0 aliphatic heterocycles. The summed E-state index contributed by atoms with van der Waals surface area (Å²) in [5.41, 5.74) is 7.29. The summed E-state index contributed by atoms with van der Waals surface area (Å²) in [5.74, 6) is 1.58. The smallest absolute Gasteiger partial charge is 0.251 e. The van der Waals surface area contributed by atoms with Gasteiger partial charge in [-0.3, -0.25) is 9.10 Å². The molecule has 0 spiro atoms. The lowest BCUT2D eigenvalue weighted by molar-refractivity contribution is 0.0938. The van der Waals surface area contributed by atoms with Crippen molar-refractivity contribution in [2.75, 3.05) is 36.0 Å². The zero-order valence-electron chi connectivity index (χ0n) is 18.2. The number of hydrogen-bond donors (Lipinski definition) is 3. The number of hydrogen-bond acceptors (Lipinski definition) is 6. The minimum Gasteiger partial charge on any atom is -0.370 e. The van der Waals surface area contributed by atoms with Crippen LogP contribution in [0.15, 0.2) is 42.5 Å². The van der Waals surface area contributed by atoms with Crippen LogP contribution in [0.1, 0.15) is 29.3 Å². The van der Waals surface area contributed by atoms with Gasteiger partial charge in [0.05, 0.1) is 6.26 Å². The molecular weight excluding hydrogens is 414 g/mol. The highest BCUT2D eigenvalue weighted by Crippen LogP contribution is 2.37. The highest BCUT2D eigenvalue weighted by molar-refractivity contribution is 7.92. The van der Waals surface area contributed by atoms with Crippen LogP contribution >= 0.6 is 0 Å². The van der Waals surface area contributed by atoms with Gasteiger partial charge in [-0.2, -0.15) is 0 Å². The Balaban J connectivity index is 1.80. The molecule has 168 valence electrons. The molecule has 31 heavy (non-hydrogen) atoms. The first kappa shape index (κ1) is 23.0. The second-order valence-corrected chi connectivity index (χ2v) is 10.3. The van der Waals surface area contributed by atoms with Gasteiger partial charge in [0.1, 0.15) is 11.6 Å². The number of nitrogens with zero attached hydrogens (tertiary/aromatic N) is 2. The van der Waals surface area contributed by atoms with Crippen LogP contribution in [-0.2, 0) is 16.4 Å². The van der Waals surface area contributed by atoms with E-state index in [-0.39, 0.29) is 24.3 Å². The summed E-state index contributed by atoms with van der Waals surface area (Å²) in [6.07, 6.45) is 2.86. The van der Waals surface area contributed by atoms with Gasteiger partial charge in [-0.1, -0.05) is 37.3 Å². The molecule has 1 heterocycles. The van der Waals surface area contributed by atoms with E-state index < -0.39 is 10.0 Å². The van der Waals surface area contributed by atoms with Crippen molar-refractivity contribution in [2.24, 2.45) is 17.6 Å². The van der Waals surface area contributed by atoms with Crippen LogP contribution in [0.5, 0.6) is 0 Å². The molecule has 2 unspecified atom stereocenters. The van der Waals surface area contributed by atoms with Crippen molar-refractivity contribution in [3.63, 3.8) is 0 Å². The minimum atomic E-state index is -3.52. The molecule has 1 amide bonds. The Labute approximate surface area is 184 Å². The van der Waals surface area contributed by atoms with Gasteiger partial charge in [0, 0.05) is 31.7 Å². The van der Waals surface area contributed by atoms with E-state index in [9.17, 15) is 13.2 Å². The predicted octanol–water partition coefficient (Wildman–Crippen LogP) is 1.85. The molecule has 2 aromatic rings. The summed E-state index contributed by atoms with van der Waals surface area (Å²) in [5, 5.41) is 6.21. The van der Waals surface area contributed by atoms with Crippen molar-refractivity contribution in [3.05, 3.63) is 53.6 Å². The Morgan fingerprint density at radius 2 is 1.97 bits per heavy atom. The monoisotopic (exact) mass is 445 g/mol. The van der Waals surface area contributed by atoms with Gasteiger partial charge in [-0.05, 0) is 42.4 Å². The fourth-order valence-electron chi connectivity index (χ4n) is 3.35. The molecule has 3 atom stereocenters. The highest BCUT2D eigenvalue weighted by atomic mass is 32.2. The number of pyridine rings is 1. The normalized spacial score (nSPS) is 18.8. The summed E-state index contributed by atoms with van der Waals surface area (Å²) < 4.78 is 25.1. The van der Waals surface area contributed by atoms with Gasteiger partial charge in [-0.15, -0.1) is 0 Å². The largest absolute Gasteiger partial charge is 0.370 e. The average molecular weight is 446 g/mol. The Kier molecular flexibility index (Phi) is 7.17. The number of carbonyl (C=O) groups is 1. The molecule has 0 bridgehead atoms. The molecule has 1 aliphatic carbocycles. The molecule has 1 aliphatic rings. The van der Waals surface area contributed by atoms with Gasteiger partial charge in [-0.25, -0.2) is 13.4 Å². The molecule has 9 heteroatoms. The van der Waals surface area contributed by atoms with E-state index in [1.807, 2.05) is 30.3 Å². The molecule has 1 aromatic heterocycles. The van der Waals surface area contributed by atoms with E-state index in [1.165, 1.54) is 13.1 Å². The molecule has 1 saturated carbocycles. The molecule has 3 rings (SSSR count). The summed E-state index contributed by atoms with van der Waals surface area (Å²) in [4.78, 5) is 17.4. The molecule has 8 nitrogen and oxygen atoms in total.